The molecule has 0 aliphatic carbocycles. The molecule has 27 heavy (non-hydrogen) atoms. The molecule has 0 fully saturated rings. The summed E-state index contributed by atoms with van der Waals surface area (Å²) < 4.78 is 16.0. The first-order chi connectivity index (χ1) is 13.2. The van der Waals surface area contributed by atoms with Crippen LogP contribution in [0.25, 0.3) is 5.57 Å². The van der Waals surface area contributed by atoms with Gasteiger partial charge in [-0.15, -0.1) is 10.2 Å². The lowest BCUT2D eigenvalue weighted by Crippen LogP contribution is -2.30. The highest BCUT2D eigenvalue weighted by Gasteiger charge is 2.16. The van der Waals surface area contributed by atoms with Crippen LogP contribution in [-0.4, -0.2) is 39.3 Å². The van der Waals surface area contributed by atoms with Gasteiger partial charge in [0.05, 0.1) is 5.02 Å². The zero-order valence-corrected chi connectivity index (χ0v) is 16.4. The van der Waals surface area contributed by atoms with Crippen LogP contribution in [0.4, 0.5) is 4.39 Å². The third kappa shape index (κ3) is 4.41. The van der Waals surface area contributed by atoms with Gasteiger partial charge in [-0.05, 0) is 55.5 Å². The van der Waals surface area contributed by atoms with Crippen molar-refractivity contribution in [3.8, 4) is 0 Å². The van der Waals surface area contributed by atoms with Gasteiger partial charge in [0.15, 0.2) is 0 Å². The minimum Gasteiger partial charge on any atom is -0.315 e. The van der Waals surface area contributed by atoms with Crippen molar-refractivity contribution < 1.29 is 4.39 Å². The number of benzene rings is 1. The van der Waals surface area contributed by atoms with Crippen molar-refractivity contribution in [2.75, 3.05) is 19.6 Å². The normalized spacial score (nSPS) is 18.1. The van der Waals surface area contributed by atoms with Crippen LogP contribution in [0, 0.1) is 5.82 Å². The van der Waals surface area contributed by atoms with E-state index in [9.17, 15) is 4.39 Å². The molecule has 0 radical (unpaired) electrons. The summed E-state index contributed by atoms with van der Waals surface area (Å²) in [6.45, 7) is 4.05. The molecule has 0 saturated heterocycles. The summed E-state index contributed by atoms with van der Waals surface area (Å²) in [5, 5.41) is 9.00. The molecule has 2 aliphatic rings. The average molecular weight is 389 g/mol. The molecule has 4 nitrogen and oxygen atoms in total. The van der Waals surface area contributed by atoms with Crippen molar-refractivity contribution in [3.05, 3.63) is 52.3 Å². The monoisotopic (exact) mass is 388 g/mol. The number of rotatable bonds is 5. The van der Waals surface area contributed by atoms with Crippen LogP contribution in [0.3, 0.4) is 0 Å². The first-order valence-electron chi connectivity index (χ1n) is 9.98. The highest BCUT2D eigenvalue weighted by atomic mass is 35.5. The van der Waals surface area contributed by atoms with Crippen molar-refractivity contribution in [2.24, 2.45) is 0 Å². The SMILES string of the molecule is Fc1cc(C2=CCN(CCCc3nnc4n3CCCCC4)CC2)ccc1Cl. The van der Waals surface area contributed by atoms with Gasteiger partial charge in [-0.1, -0.05) is 30.2 Å². The maximum Gasteiger partial charge on any atom is 0.142 e. The molecule has 6 heteroatoms. The molecule has 1 aromatic heterocycles. The number of halogens is 2. The van der Waals surface area contributed by atoms with Crippen molar-refractivity contribution in [3.63, 3.8) is 0 Å². The maximum absolute atomic E-state index is 13.7. The largest absolute Gasteiger partial charge is 0.315 e. The molecule has 2 aliphatic heterocycles. The van der Waals surface area contributed by atoms with Crippen LogP contribution in [0.5, 0.6) is 0 Å². The second-order valence-electron chi connectivity index (χ2n) is 7.51. The molecule has 0 bridgehead atoms. The van der Waals surface area contributed by atoms with Gasteiger partial charge in [0.2, 0.25) is 0 Å². The first kappa shape index (κ1) is 18.6. The van der Waals surface area contributed by atoms with E-state index in [-0.39, 0.29) is 10.8 Å². The Labute approximate surface area is 165 Å². The van der Waals surface area contributed by atoms with Crippen LogP contribution >= 0.6 is 11.6 Å². The van der Waals surface area contributed by atoms with E-state index in [1.165, 1.54) is 30.7 Å². The Balaban J connectivity index is 1.29. The molecule has 0 atom stereocenters. The molecule has 0 amide bonds. The number of fused-ring (bicyclic) bond motifs is 1. The highest BCUT2D eigenvalue weighted by molar-refractivity contribution is 6.30. The molecule has 0 saturated carbocycles. The van der Waals surface area contributed by atoms with E-state index in [4.69, 9.17) is 11.6 Å². The van der Waals surface area contributed by atoms with Gasteiger partial charge >= 0.3 is 0 Å². The number of aryl methyl sites for hydroxylation is 2. The van der Waals surface area contributed by atoms with Gasteiger partial charge in [-0.2, -0.15) is 0 Å². The number of aromatic nitrogens is 3. The first-order valence-corrected chi connectivity index (χ1v) is 10.4. The fourth-order valence-corrected chi connectivity index (χ4v) is 4.18. The molecule has 3 heterocycles. The molecule has 4 rings (SSSR count). The Hall–Kier alpha value is -1.72. The molecule has 1 aromatic carbocycles. The summed E-state index contributed by atoms with van der Waals surface area (Å²) in [7, 11) is 0. The summed E-state index contributed by atoms with van der Waals surface area (Å²) >= 11 is 5.78. The van der Waals surface area contributed by atoms with Crippen LogP contribution in [0.2, 0.25) is 5.02 Å². The van der Waals surface area contributed by atoms with E-state index in [1.807, 2.05) is 6.07 Å². The van der Waals surface area contributed by atoms with Gasteiger partial charge in [0, 0.05) is 32.5 Å². The average Bonchev–Trinajstić information content (AvgIpc) is 2.91. The Kier molecular flexibility index (Phi) is 5.89. The number of hydrogen-bond donors (Lipinski definition) is 0. The Morgan fingerprint density at radius 2 is 2.00 bits per heavy atom. The molecule has 144 valence electrons. The van der Waals surface area contributed by atoms with E-state index >= 15 is 0 Å². The van der Waals surface area contributed by atoms with Gasteiger partial charge in [-0.25, -0.2) is 4.39 Å². The topological polar surface area (TPSA) is 34.0 Å². The second-order valence-corrected chi connectivity index (χ2v) is 7.91. The smallest absolute Gasteiger partial charge is 0.142 e. The lowest BCUT2D eigenvalue weighted by Gasteiger charge is -2.26. The van der Waals surface area contributed by atoms with Crippen LogP contribution in [0.1, 0.15) is 49.3 Å². The lowest BCUT2D eigenvalue weighted by atomic mass is 9.99. The molecule has 0 N–H and O–H groups in total. The molecule has 0 unspecified atom stereocenters. The van der Waals surface area contributed by atoms with Crippen LogP contribution in [0.15, 0.2) is 24.3 Å². The Morgan fingerprint density at radius 3 is 2.81 bits per heavy atom. The predicted molar refractivity (Wildman–Crippen MR) is 106 cm³/mol. The lowest BCUT2D eigenvalue weighted by molar-refractivity contribution is 0.296. The molecule has 0 spiro atoms. The van der Waals surface area contributed by atoms with Gasteiger partial charge in [-0.3, -0.25) is 4.90 Å². The van der Waals surface area contributed by atoms with Crippen molar-refractivity contribution in [1.82, 2.24) is 19.7 Å². The fraction of sp³-hybridized carbons (Fsp3) is 0.524. The number of hydrogen-bond acceptors (Lipinski definition) is 3. The molecular weight excluding hydrogens is 363 g/mol. The van der Waals surface area contributed by atoms with E-state index in [0.717, 1.165) is 63.3 Å². The fourth-order valence-electron chi connectivity index (χ4n) is 4.06. The summed E-state index contributed by atoms with van der Waals surface area (Å²) in [6.07, 6.45) is 10.1. The van der Waals surface area contributed by atoms with Gasteiger partial charge in [0.1, 0.15) is 17.5 Å². The minimum absolute atomic E-state index is 0.183. The predicted octanol–water partition coefficient (Wildman–Crippen LogP) is 4.52. The second kappa shape index (κ2) is 8.53. The summed E-state index contributed by atoms with van der Waals surface area (Å²) in [5.41, 5.74) is 2.16. The standard InChI is InChI=1S/C21H26ClFN4/c22-18-8-7-17(15-19(18)23)16-9-13-26(14-10-16)11-4-6-21-25-24-20-5-2-1-3-12-27(20)21/h7-9,15H,1-6,10-14H2. The third-order valence-electron chi connectivity index (χ3n) is 5.64. The summed E-state index contributed by atoms with van der Waals surface area (Å²) in [5.74, 6) is 1.98. The molecule has 2 aromatic rings. The zero-order valence-electron chi connectivity index (χ0n) is 15.6. The van der Waals surface area contributed by atoms with Crippen LogP contribution < -0.4 is 0 Å². The minimum atomic E-state index is -0.343. The van der Waals surface area contributed by atoms with Crippen molar-refractivity contribution >= 4 is 17.2 Å². The van der Waals surface area contributed by atoms with Gasteiger partial charge in [0.25, 0.3) is 0 Å². The van der Waals surface area contributed by atoms with Crippen molar-refractivity contribution in [1.29, 1.82) is 0 Å². The molecular formula is C21H26ClFN4. The van der Waals surface area contributed by atoms with E-state index in [2.05, 4.69) is 25.7 Å². The van der Waals surface area contributed by atoms with E-state index in [0.29, 0.717) is 0 Å². The van der Waals surface area contributed by atoms with E-state index in [1.54, 1.807) is 12.1 Å². The summed E-state index contributed by atoms with van der Waals surface area (Å²) in [4.78, 5) is 2.45. The van der Waals surface area contributed by atoms with Crippen molar-refractivity contribution in [2.45, 2.75) is 51.5 Å². The highest BCUT2D eigenvalue weighted by Crippen LogP contribution is 2.26. The summed E-state index contributed by atoms with van der Waals surface area (Å²) in [6, 6.07) is 5.09. The zero-order chi connectivity index (χ0) is 18.6. The van der Waals surface area contributed by atoms with Gasteiger partial charge < -0.3 is 4.57 Å². The maximum atomic E-state index is 13.7. The van der Waals surface area contributed by atoms with Crippen LogP contribution in [-0.2, 0) is 19.4 Å². The Bertz CT molecular complexity index is 830. The third-order valence-corrected chi connectivity index (χ3v) is 5.95. The number of nitrogens with zero attached hydrogens (tertiary/aromatic N) is 4. The Morgan fingerprint density at radius 1 is 1.07 bits per heavy atom. The van der Waals surface area contributed by atoms with E-state index < -0.39 is 0 Å². The quantitative estimate of drug-likeness (QED) is 0.755.